The lowest BCUT2D eigenvalue weighted by Crippen LogP contribution is -2.40. The molecule has 0 fully saturated rings. The monoisotopic (exact) mass is 211 g/mol. The minimum absolute atomic E-state index is 0.0123. The van der Waals surface area contributed by atoms with E-state index in [4.69, 9.17) is 14.7 Å². The van der Waals surface area contributed by atoms with Gasteiger partial charge in [-0.3, -0.25) is 0 Å². The van der Waals surface area contributed by atoms with Crippen LogP contribution in [0.4, 0.5) is 8.78 Å². The van der Waals surface area contributed by atoms with Gasteiger partial charge in [0.05, 0.1) is 0 Å². The van der Waals surface area contributed by atoms with Gasteiger partial charge in [0.1, 0.15) is 12.7 Å². The summed E-state index contributed by atoms with van der Waals surface area (Å²) in [4.78, 5) is 0. The largest absolute Gasteiger partial charge is 0.484 e. The zero-order chi connectivity index (χ0) is 11.1. The molecule has 5 heteroatoms. The van der Waals surface area contributed by atoms with E-state index in [1.807, 2.05) is 6.07 Å². The molecular formula is C10H7F2NO2. The van der Waals surface area contributed by atoms with Crippen molar-refractivity contribution in [2.24, 2.45) is 0 Å². The van der Waals surface area contributed by atoms with Crippen LogP contribution in [-0.2, 0) is 0 Å². The van der Waals surface area contributed by atoms with Crippen LogP contribution in [0.2, 0.25) is 0 Å². The van der Waals surface area contributed by atoms with Crippen molar-refractivity contribution in [3.63, 3.8) is 0 Å². The zero-order valence-corrected chi connectivity index (χ0v) is 7.88. The number of nitrogens with zero attached hydrogens (tertiary/aromatic N) is 1. The van der Waals surface area contributed by atoms with Crippen LogP contribution in [0.1, 0.15) is 6.92 Å². The van der Waals surface area contributed by atoms with E-state index in [-0.39, 0.29) is 18.1 Å². The van der Waals surface area contributed by atoms with Gasteiger partial charge in [0, 0.05) is 12.1 Å². The fraction of sp³-hybridized carbons (Fsp3) is 0.300. The lowest BCUT2D eigenvalue weighted by Gasteiger charge is -2.29. The first-order valence-electron chi connectivity index (χ1n) is 4.26. The molecule has 0 N–H and O–H groups in total. The predicted octanol–water partition coefficient (Wildman–Crippen LogP) is 2.02. The minimum atomic E-state index is -1.16. The molecule has 1 heterocycles. The number of halogens is 2. The first-order chi connectivity index (χ1) is 7.04. The molecule has 1 aromatic rings. The molecule has 0 amide bonds. The Morgan fingerprint density at radius 1 is 1.33 bits per heavy atom. The summed E-state index contributed by atoms with van der Waals surface area (Å²) in [6.07, 6.45) is 0. The Hall–Kier alpha value is -1.83. The van der Waals surface area contributed by atoms with Crippen molar-refractivity contribution in [1.29, 1.82) is 5.26 Å². The number of ether oxygens (including phenoxy) is 2. The van der Waals surface area contributed by atoms with Crippen molar-refractivity contribution in [2.75, 3.05) is 6.61 Å². The molecule has 0 radical (unpaired) electrons. The van der Waals surface area contributed by atoms with Gasteiger partial charge >= 0.3 is 0 Å². The molecule has 3 nitrogen and oxygen atoms in total. The molecule has 1 aromatic carbocycles. The smallest absolute Gasteiger partial charge is 0.225 e. The van der Waals surface area contributed by atoms with E-state index >= 15 is 0 Å². The summed E-state index contributed by atoms with van der Waals surface area (Å²) in [6, 6.07) is 3.67. The molecule has 0 unspecified atom stereocenters. The number of hydrogen-bond acceptors (Lipinski definition) is 3. The van der Waals surface area contributed by atoms with E-state index < -0.39 is 17.2 Å². The molecule has 78 valence electrons. The summed E-state index contributed by atoms with van der Waals surface area (Å²) < 4.78 is 36.0. The van der Waals surface area contributed by atoms with Crippen LogP contribution in [0.5, 0.6) is 11.5 Å². The number of fused-ring (bicyclic) bond motifs is 1. The molecule has 1 aliphatic heterocycles. The Bertz CT molecular complexity index is 455. The third kappa shape index (κ3) is 1.59. The fourth-order valence-electron chi connectivity index (χ4n) is 1.25. The summed E-state index contributed by atoms with van der Waals surface area (Å²) in [6.45, 7) is 1.50. The van der Waals surface area contributed by atoms with Gasteiger partial charge in [0.2, 0.25) is 5.60 Å². The van der Waals surface area contributed by atoms with Crippen LogP contribution < -0.4 is 9.47 Å². The Morgan fingerprint density at radius 2 is 1.93 bits per heavy atom. The third-order valence-corrected chi connectivity index (χ3v) is 2.06. The van der Waals surface area contributed by atoms with Crippen molar-refractivity contribution >= 4 is 0 Å². The minimum Gasteiger partial charge on any atom is -0.484 e. The van der Waals surface area contributed by atoms with E-state index in [0.29, 0.717) is 0 Å². The van der Waals surface area contributed by atoms with Gasteiger partial charge in [-0.15, -0.1) is 0 Å². The van der Waals surface area contributed by atoms with E-state index in [2.05, 4.69) is 0 Å². The van der Waals surface area contributed by atoms with Gasteiger partial charge < -0.3 is 9.47 Å². The molecule has 0 bridgehead atoms. The maximum Gasteiger partial charge on any atom is 0.225 e. The Kier molecular flexibility index (Phi) is 2.00. The van der Waals surface area contributed by atoms with E-state index in [1.165, 1.54) is 6.92 Å². The van der Waals surface area contributed by atoms with Gasteiger partial charge in [-0.25, -0.2) is 8.78 Å². The van der Waals surface area contributed by atoms with Crippen molar-refractivity contribution in [3.8, 4) is 17.6 Å². The van der Waals surface area contributed by atoms with E-state index in [9.17, 15) is 8.78 Å². The summed E-state index contributed by atoms with van der Waals surface area (Å²) in [5, 5.41) is 8.78. The highest BCUT2D eigenvalue weighted by atomic mass is 19.2. The number of rotatable bonds is 0. The first-order valence-corrected chi connectivity index (χ1v) is 4.26. The van der Waals surface area contributed by atoms with E-state index in [1.54, 1.807) is 0 Å². The molecule has 0 spiro atoms. The van der Waals surface area contributed by atoms with Crippen molar-refractivity contribution in [1.82, 2.24) is 0 Å². The van der Waals surface area contributed by atoms with Crippen LogP contribution >= 0.6 is 0 Å². The average molecular weight is 211 g/mol. The van der Waals surface area contributed by atoms with Crippen LogP contribution in [-0.4, -0.2) is 12.2 Å². The number of benzene rings is 1. The van der Waals surface area contributed by atoms with Gasteiger partial charge in [-0.05, 0) is 6.92 Å². The lowest BCUT2D eigenvalue weighted by molar-refractivity contribution is 0.0493. The molecule has 0 aromatic heterocycles. The van der Waals surface area contributed by atoms with Crippen LogP contribution in [0.25, 0.3) is 0 Å². The summed E-state index contributed by atoms with van der Waals surface area (Å²) >= 11 is 0. The normalized spacial score (nSPS) is 23.3. The molecule has 15 heavy (non-hydrogen) atoms. The Labute approximate surface area is 84.8 Å². The van der Waals surface area contributed by atoms with Crippen molar-refractivity contribution in [2.45, 2.75) is 12.5 Å². The zero-order valence-electron chi connectivity index (χ0n) is 7.88. The Balaban J connectivity index is 2.43. The van der Waals surface area contributed by atoms with Crippen LogP contribution in [0.15, 0.2) is 12.1 Å². The Morgan fingerprint density at radius 3 is 2.53 bits per heavy atom. The summed E-state index contributed by atoms with van der Waals surface area (Å²) in [5.41, 5.74) is -1.16. The molecule has 0 saturated heterocycles. The number of nitriles is 1. The third-order valence-electron chi connectivity index (χ3n) is 2.06. The summed E-state index contributed by atoms with van der Waals surface area (Å²) in [5.74, 6) is -1.87. The van der Waals surface area contributed by atoms with Crippen molar-refractivity contribution < 1.29 is 18.3 Å². The molecule has 0 aliphatic carbocycles. The summed E-state index contributed by atoms with van der Waals surface area (Å²) in [7, 11) is 0. The topological polar surface area (TPSA) is 42.2 Å². The maximum atomic E-state index is 12.9. The fourth-order valence-corrected chi connectivity index (χ4v) is 1.25. The van der Waals surface area contributed by atoms with Gasteiger partial charge in [0.25, 0.3) is 0 Å². The number of hydrogen-bond donors (Lipinski definition) is 0. The molecule has 1 aliphatic rings. The first kappa shape index (κ1) is 9.71. The van der Waals surface area contributed by atoms with Crippen LogP contribution in [0.3, 0.4) is 0 Å². The average Bonchev–Trinajstić information content (AvgIpc) is 2.21. The van der Waals surface area contributed by atoms with Gasteiger partial charge in [0.15, 0.2) is 23.1 Å². The van der Waals surface area contributed by atoms with E-state index in [0.717, 1.165) is 12.1 Å². The lowest BCUT2D eigenvalue weighted by atomic mass is 10.1. The highest BCUT2D eigenvalue weighted by Gasteiger charge is 2.33. The predicted molar refractivity (Wildman–Crippen MR) is 46.5 cm³/mol. The second-order valence-electron chi connectivity index (χ2n) is 3.45. The molecule has 1 atom stereocenters. The maximum absolute atomic E-state index is 12.9. The van der Waals surface area contributed by atoms with Gasteiger partial charge in [-0.1, -0.05) is 0 Å². The van der Waals surface area contributed by atoms with Gasteiger partial charge in [-0.2, -0.15) is 5.26 Å². The van der Waals surface area contributed by atoms with Crippen LogP contribution in [0, 0.1) is 23.0 Å². The standard InChI is InChI=1S/C10H7F2NO2/c1-10(4-13)5-14-8-2-6(11)7(12)3-9(8)15-10/h2-3H,5H2,1H3/t10-/m1/s1. The second-order valence-corrected chi connectivity index (χ2v) is 3.45. The highest BCUT2D eigenvalue weighted by Crippen LogP contribution is 2.36. The molecule has 0 saturated carbocycles. The SMILES string of the molecule is C[C@@]1(C#N)COc2cc(F)c(F)cc2O1. The molecular weight excluding hydrogens is 204 g/mol. The molecule has 2 rings (SSSR count). The second kappa shape index (κ2) is 3.09. The highest BCUT2D eigenvalue weighted by molar-refractivity contribution is 5.43. The van der Waals surface area contributed by atoms with Crippen molar-refractivity contribution in [3.05, 3.63) is 23.8 Å². The quantitative estimate of drug-likeness (QED) is 0.659.